The Kier molecular flexibility index (Phi) is 5.24. The number of hydrogen-bond donors (Lipinski definition) is 3. The van der Waals surface area contributed by atoms with Crippen LogP contribution >= 0.6 is 28.1 Å². The first-order valence-electron chi connectivity index (χ1n) is 7.85. The predicted molar refractivity (Wildman–Crippen MR) is 108 cm³/mol. The van der Waals surface area contributed by atoms with E-state index in [0.29, 0.717) is 27.2 Å². The standard InChI is InChI=1S/C18H16BrN3O3S/c1-9(2)16(24)22-18(26)20-11-4-6-15-13(8-11)21-17(25-15)10-3-5-14(23)12(19)7-10/h3-9,23H,1-2H3,(H2,20,22,24,26). The SMILES string of the molecule is CC(C)C(=O)NC(=S)Nc1ccc2oc(-c3ccc(O)c(Br)c3)nc2c1. The molecule has 26 heavy (non-hydrogen) atoms. The zero-order valence-corrected chi connectivity index (χ0v) is 16.4. The van der Waals surface area contributed by atoms with Crippen molar-refractivity contribution in [2.24, 2.45) is 5.92 Å². The van der Waals surface area contributed by atoms with Crippen molar-refractivity contribution >= 4 is 56.0 Å². The average Bonchev–Trinajstić information content (AvgIpc) is 3.00. The minimum absolute atomic E-state index is 0.147. The van der Waals surface area contributed by atoms with Crippen LogP contribution in [0.4, 0.5) is 5.69 Å². The molecule has 1 heterocycles. The van der Waals surface area contributed by atoms with Crippen LogP contribution < -0.4 is 10.6 Å². The minimum atomic E-state index is -0.153. The van der Waals surface area contributed by atoms with Crippen LogP contribution in [0.2, 0.25) is 0 Å². The lowest BCUT2D eigenvalue weighted by molar-refractivity contribution is -0.122. The molecule has 1 aromatic heterocycles. The maximum Gasteiger partial charge on any atom is 0.228 e. The molecule has 0 saturated heterocycles. The fourth-order valence-electron chi connectivity index (χ4n) is 2.19. The molecule has 8 heteroatoms. The van der Waals surface area contributed by atoms with Gasteiger partial charge in [-0.25, -0.2) is 4.98 Å². The third kappa shape index (κ3) is 4.03. The van der Waals surface area contributed by atoms with Gasteiger partial charge in [-0.3, -0.25) is 4.79 Å². The van der Waals surface area contributed by atoms with Crippen LogP contribution in [0.3, 0.4) is 0 Å². The fourth-order valence-corrected chi connectivity index (χ4v) is 2.78. The van der Waals surface area contributed by atoms with Crippen molar-refractivity contribution in [1.82, 2.24) is 10.3 Å². The molecule has 2 aromatic carbocycles. The van der Waals surface area contributed by atoms with Crippen LogP contribution in [0.25, 0.3) is 22.6 Å². The second-order valence-electron chi connectivity index (χ2n) is 5.97. The summed E-state index contributed by atoms with van der Waals surface area (Å²) in [5.74, 6) is 0.284. The van der Waals surface area contributed by atoms with E-state index in [1.807, 2.05) is 0 Å². The Morgan fingerprint density at radius 3 is 2.73 bits per heavy atom. The number of phenolic OH excluding ortho intramolecular Hbond substituents is 1. The van der Waals surface area contributed by atoms with E-state index in [1.165, 1.54) is 0 Å². The van der Waals surface area contributed by atoms with Crippen molar-refractivity contribution in [1.29, 1.82) is 0 Å². The maximum absolute atomic E-state index is 11.7. The molecule has 6 nitrogen and oxygen atoms in total. The summed E-state index contributed by atoms with van der Waals surface area (Å²) in [6.07, 6.45) is 0. The number of hydrogen-bond acceptors (Lipinski definition) is 5. The number of nitrogens with one attached hydrogen (secondary N) is 2. The highest BCUT2D eigenvalue weighted by atomic mass is 79.9. The van der Waals surface area contributed by atoms with Gasteiger partial charge in [0.05, 0.1) is 4.47 Å². The predicted octanol–water partition coefficient (Wildman–Crippen LogP) is 4.43. The Hall–Kier alpha value is -2.45. The summed E-state index contributed by atoms with van der Waals surface area (Å²) < 4.78 is 6.32. The Balaban J connectivity index is 1.82. The van der Waals surface area contributed by atoms with Gasteiger partial charge in [0.2, 0.25) is 11.8 Å². The fraction of sp³-hybridized carbons (Fsp3) is 0.167. The molecule has 0 fully saturated rings. The zero-order chi connectivity index (χ0) is 18.8. The van der Waals surface area contributed by atoms with Crippen LogP contribution in [-0.4, -0.2) is 21.1 Å². The summed E-state index contributed by atoms with van der Waals surface area (Å²) in [7, 11) is 0. The molecule has 0 spiro atoms. The summed E-state index contributed by atoms with van der Waals surface area (Å²) in [5.41, 5.74) is 2.69. The third-order valence-electron chi connectivity index (χ3n) is 3.60. The Morgan fingerprint density at radius 1 is 1.27 bits per heavy atom. The number of nitrogens with zero attached hydrogens (tertiary/aromatic N) is 1. The van der Waals surface area contributed by atoms with Crippen LogP contribution in [0.5, 0.6) is 5.75 Å². The normalized spacial score (nSPS) is 10.9. The van der Waals surface area contributed by atoms with Crippen LogP contribution in [0, 0.1) is 5.92 Å². The van der Waals surface area contributed by atoms with E-state index in [0.717, 1.165) is 5.56 Å². The van der Waals surface area contributed by atoms with Crippen molar-refractivity contribution in [2.45, 2.75) is 13.8 Å². The van der Waals surface area contributed by atoms with E-state index < -0.39 is 0 Å². The number of anilines is 1. The molecular weight excluding hydrogens is 418 g/mol. The number of halogens is 1. The highest BCUT2D eigenvalue weighted by Crippen LogP contribution is 2.31. The lowest BCUT2D eigenvalue weighted by atomic mass is 10.2. The summed E-state index contributed by atoms with van der Waals surface area (Å²) in [6, 6.07) is 10.4. The Labute approximate surface area is 163 Å². The molecule has 3 N–H and O–H groups in total. The number of amides is 1. The van der Waals surface area contributed by atoms with Crippen molar-refractivity contribution in [3.8, 4) is 17.2 Å². The van der Waals surface area contributed by atoms with Crippen LogP contribution in [0.15, 0.2) is 45.3 Å². The summed E-state index contributed by atoms with van der Waals surface area (Å²) in [5, 5.41) is 15.4. The molecule has 0 bridgehead atoms. The molecular formula is C18H16BrN3O3S. The highest BCUT2D eigenvalue weighted by molar-refractivity contribution is 9.10. The number of carbonyl (C=O) groups is 1. The van der Waals surface area contributed by atoms with Crippen molar-refractivity contribution in [2.75, 3.05) is 5.32 Å². The van der Waals surface area contributed by atoms with Crippen LogP contribution in [-0.2, 0) is 4.79 Å². The third-order valence-corrected chi connectivity index (χ3v) is 4.44. The molecule has 0 aliphatic carbocycles. The zero-order valence-electron chi connectivity index (χ0n) is 14.0. The number of phenols is 1. The number of fused-ring (bicyclic) bond motifs is 1. The molecule has 0 saturated carbocycles. The molecule has 0 radical (unpaired) electrons. The molecule has 0 atom stereocenters. The van der Waals surface area contributed by atoms with Gasteiger partial charge in [-0.2, -0.15) is 0 Å². The molecule has 3 aromatic rings. The molecule has 0 aliphatic heterocycles. The number of thiocarbonyl (C=S) groups is 1. The Bertz CT molecular complexity index is 1000. The van der Waals surface area contributed by atoms with Crippen molar-refractivity contribution in [3.05, 3.63) is 40.9 Å². The monoisotopic (exact) mass is 433 g/mol. The van der Waals surface area contributed by atoms with Gasteiger partial charge in [0.15, 0.2) is 10.7 Å². The van der Waals surface area contributed by atoms with Gasteiger partial charge in [0, 0.05) is 17.2 Å². The number of rotatable bonds is 3. The van der Waals surface area contributed by atoms with E-state index in [4.69, 9.17) is 16.6 Å². The van der Waals surface area contributed by atoms with Gasteiger partial charge in [-0.15, -0.1) is 0 Å². The van der Waals surface area contributed by atoms with E-state index in [-0.39, 0.29) is 22.7 Å². The lowest BCUT2D eigenvalue weighted by Crippen LogP contribution is -2.36. The molecule has 3 rings (SSSR count). The summed E-state index contributed by atoms with van der Waals surface area (Å²) in [4.78, 5) is 16.2. The van der Waals surface area contributed by atoms with E-state index in [2.05, 4.69) is 31.5 Å². The first-order chi connectivity index (χ1) is 12.3. The smallest absolute Gasteiger partial charge is 0.228 e. The van der Waals surface area contributed by atoms with Gasteiger partial charge in [0.1, 0.15) is 11.3 Å². The first-order valence-corrected chi connectivity index (χ1v) is 9.05. The largest absolute Gasteiger partial charge is 0.507 e. The van der Waals surface area contributed by atoms with E-state index >= 15 is 0 Å². The number of carbonyl (C=O) groups excluding carboxylic acids is 1. The second kappa shape index (κ2) is 7.43. The van der Waals surface area contributed by atoms with Gasteiger partial charge in [-0.1, -0.05) is 13.8 Å². The van der Waals surface area contributed by atoms with Gasteiger partial charge in [-0.05, 0) is 64.5 Å². The quantitative estimate of drug-likeness (QED) is 0.529. The van der Waals surface area contributed by atoms with Crippen molar-refractivity contribution in [3.63, 3.8) is 0 Å². The molecule has 1 amide bonds. The number of aromatic nitrogens is 1. The molecule has 134 valence electrons. The van der Waals surface area contributed by atoms with Crippen LogP contribution in [0.1, 0.15) is 13.8 Å². The Morgan fingerprint density at radius 2 is 2.04 bits per heavy atom. The molecule has 0 aliphatic rings. The van der Waals surface area contributed by atoms with E-state index in [9.17, 15) is 9.90 Å². The van der Waals surface area contributed by atoms with Gasteiger partial charge >= 0.3 is 0 Å². The van der Waals surface area contributed by atoms with E-state index in [1.54, 1.807) is 50.2 Å². The summed E-state index contributed by atoms with van der Waals surface area (Å²) in [6.45, 7) is 3.59. The second-order valence-corrected chi connectivity index (χ2v) is 7.23. The highest BCUT2D eigenvalue weighted by Gasteiger charge is 2.12. The summed E-state index contributed by atoms with van der Waals surface area (Å²) >= 11 is 8.42. The van der Waals surface area contributed by atoms with Gasteiger partial charge < -0.3 is 20.2 Å². The maximum atomic E-state index is 11.7. The minimum Gasteiger partial charge on any atom is -0.507 e. The number of oxazole rings is 1. The molecule has 0 unspecified atom stereocenters. The number of aromatic hydroxyl groups is 1. The number of benzene rings is 2. The topological polar surface area (TPSA) is 87.4 Å². The average molecular weight is 434 g/mol. The van der Waals surface area contributed by atoms with Crippen molar-refractivity contribution < 1.29 is 14.3 Å². The van der Waals surface area contributed by atoms with Gasteiger partial charge in [0.25, 0.3) is 0 Å². The lowest BCUT2D eigenvalue weighted by Gasteiger charge is -2.10. The first kappa shape index (κ1) is 18.3.